The molecule has 1 spiro atoms. The number of pyridine rings is 1. The molecule has 3 aliphatic rings. The Labute approximate surface area is 176 Å². The standard InChI is InChI=1S/C22H27N3O2.CH2O2/c1-14-10-20(24-18-12-16-5-2-4-15(16)11-17(14)18)25-9-6-19(26)22(13-25)7-3-8-23-21(22)27;2-1-3/h10-12,19,26H,2-9,13H2,1H3,(H,23,27);1H,(H,2,3)/t19-,22-;/m1./s1. The minimum atomic E-state index is -0.695. The number of hydrogen-bond acceptors (Lipinski definition) is 5. The fraction of sp³-hybridized carbons (Fsp3) is 0.522. The van der Waals surface area contributed by atoms with Crippen molar-refractivity contribution in [2.24, 2.45) is 5.41 Å². The lowest BCUT2D eigenvalue weighted by atomic mass is 9.71. The number of nitrogens with zero attached hydrogens (tertiary/aromatic N) is 2. The van der Waals surface area contributed by atoms with E-state index in [1.165, 1.54) is 34.9 Å². The van der Waals surface area contributed by atoms with E-state index in [9.17, 15) is 9.90 Å². The quantitative estimate of drug-likeness (QED) is 0.622. The van der Waals surface area contributed by atoms with Crippen molar-refractivity contribution in [2.75, 3.05) is 24.5 Å². The van der Waals surface area contributed by atoms with Crippen molar-refractivity contribution in [1.82, 2.24) is 10.3 Å². The summed E-state index contributed by atoms with van der Waals surface area (Å²) in [6.45, 7) is 3.89. The molecule has 160 valence electrons. The van der Waals surface area contributed by atoms with Crippen LogP contribution in [-0.2, 0) is 22.4 Å². The van der Waals surface area contributed by atoms with Gasteiger partial charge in [-0.05, 0) is 80.3 Å². The molecule has 30 heavy (non-hydrogen) atoms. The van der Waals surface area contributed by atoms with Gasteiger partial charge in [0, 0.05) is 25.0 Å². The van der Waals surface area contributed by atoms with E-state index < -0.39 is 11.5 Å². The second-order valence-corrected chi connectivity index (χ2v) is 8.64. The Kier molecular flexibility index (Phi) is 5.64. The number of carbonyl (C=O) groups excluding carboxylic acids is 1. The molecule has 7 nitrogen and oxygen atoms in total. The number of anilines is 1. The van der Waals surface area contributed by atoms with Crippen molar-refractivity contribution < 1.29 is 19.8 Å². The summed E-state index contributed by atoms with van der Waals surface area (Å²) in [7, 11) is 0. The van der Waals surface area contributed by atoms with E-state index >= 15 is 0 Å². The molecule has 1 aromatic heterocycles. The number of nitrogens with one attached hydrogen (secondary N) is 1. The first-order valence-electron chi connectivity index (χ1n) is 10.7. The molecule has 3 heterocycles. The molecule has 1 amide bonds. The number of aryl methyl sites for hydroxylation is 3. The van der Waals surface area contributed by atoms with Gasteiger partial charge >= 0.3 is 0 Å². The SMILES string of the molecule is Cc1cc(N2CC[C@@H](O)[C@@]3(CCCNC3=O)C2)nc2cc3c(cc12)CCC3.O=CO. The summed E-state index contributed by atoms with van der Waals surface area (Å²) in [5, 5.41) is 21.7. The molecule has 2 aliphatic heterocycles. The maximum absolute atomic E-state index is 12.6. The fourth-order valence-electron chi connectivity index (χ4n) is 5.25. The van der Waals surface area contributed by atoms with Gasteiger partial charge in [-0.1, -0.05) is 0 Å². The average Bonchev–Trinajstić information content (AvgIpc) is 3.19. The van der Waals surface area contributed by atoms with E-state index in [1.807, 2.05) is 0 Å². The van der Waals surface area contributed by atoms with E-state index in [4.69, 9.17) is 14.9 Å². The van der Waals surface area contributed by atoms with E-state index in [1.54, 1.807) is 0 Å². The molecule has 2 saturated heterocycles. The summed E-state index contributed by atoms with van der Waals surface area (Å²) in [6.07, 6.45) is 5.27. The van der Waals surface area contributed by atoms with Gasteiger partial charge in [0.05, 0.1) is 17.0 Å². The molecule has 0 saturated carbocycles. The summed E-state index contributed by atoms with van der Waals surface area (Å²) >= 11 is 0. The average molecular weight is 412 g/mol. The molecule has 0 bridgehead atoms. The minimum Gasteiger partial charge on any atom is -0.483 e. The van der Waals surface area contributed by atoms with Gasteiger partial charge in [0.15, 0.2) is 0 Å². The lowest BCUT2D eigenvalue weighted by Crippen LogP contribution is -2.61. The second-order valence-electron chi connectivity index (χ2n) is 8.64. The Bertz CT molecular complexity index is 977. The number of aliphatic hydroxyl groups is 1. The number of hydrogen-bond donors (Lipinski definition) is 3. The van der Waals surface area contributed by atoms with Crippen LogP contribution in [0.25, 0.3) is 10.9 Å². The van der Waals surface area contributed by atoms with Crippen LogP contribution in [0.3, 0.4) is 0 Å². The highest BCUT2D eigenvalue weighted by atomic mass is 16.3. The minimum absolute atomic E-state index is 0.00119. The van der Waals surface area contributed by atoms with Crippen LogP contribution in [0.1, 0.15) is 42.4 Å². The molecule has 0 radical (unpaired) electrons. The summed E-state index contributed by atoms with van der Waals surface area (Å²) in [4.78, 5) is 28.2. The van der Waals surface area contributed by atoms with Crippen molar-refractivity contribution in [2.45, 2.75) is 51.6 Å². The van der Waals surface area contributed by atoms with Gasteiger partial charge in [0.25, 0.3) is 6.47 Å². The molecule has 2 fully saturated rings. The van der Waals surface area contributed by atoms with Crippen molar-refractivity contribution in [3.05, 3.63) is 34.9 Å². The molecule has 3 N–H and O–H groups in total. The zero-order valence-corrected chi connectivity index (χ0v) is 17.4. The smallest absolute Gasteiger partial charge is 0.290 e. The topological polar surface area (TPSA) is 103 Å². The van der Waals surface area contributed by atoms with E-state index in [0.717, 1.165) is 37.1 Å². The van der Waals surface area contributed by atoms with Crippen molar-refractivity contribution >= 4 is 29.1 Å². The summed E-state index contributed by atoms with van der Waals surface area (Å²) in [5.41, 5.74) is 4.50. The zero-order valence-electron chi connectivity index (χ0n) is 17.4. The van der Waals surface area contributed by atoms with E-state index in [-0.39, 0.29) is 12.4 Å². The van der Waals surface area contributed by atoms with Crippen LogP contribution in [0, 0.1) is 12.3 Å². The van der Waals surface area contributed by atoms with Crippen LogP contribution in [0.5, 0.6) is 0 Å². The van der Waals surface area contributed by atoms with Crippen LogP contribution in [0.15, 0.2) is 18.2 Å². The van der Waals surface area contributed by atoms with Gasteiger partial charge < -0.3 is 20.4 Å². The Balaban J connectivity index is 0.000000687. The molecular formula is C23H29N3O4. The van der Waals surface area contributed by atoms with Gasteiger partial charge in [0.2, 0.25) is 5.91 Å². The van der Waals surface area contributed by atoms with Crippen molar-refractivity contribution in [1.29, 1.82) is 0 Å². The maximum atomic E-state index is 12.6. The van der Waals surface area contributed by atoms with Gasteiger partial charge in [-0.25, -0.2) is 4.98 Å². The van der Waals surface area contributed by atoms with E-state index in [2.05, 4.69) is 35.3 Å². The number of aliphatic hydroxyl groups excluding tert-OH is 1. The lowest BCUT2D eigenvalue weighted by molar-refractivity contribution is -0.142. The Morgan fingerprint density at radius 2 is 1.97 bits per heavy atom. The molecule has 7 heteroatoms. The first-order valence-corrected chi connectivity index (χ1v) is 10.7. The van der Waals surface area contributed by atoms with Crippen LogP contribution < -0.4 is 10.2 Å². The molecule has 5 rings (SSSR count). The molecule has 2 atom stereocenters. The number of rotatable bonds is 1. The van der Waals surface area contributed by atoms with Gasteiger partial charge in [-0.3, -0.25) is 9.59 Å². The van der Waals surface area contributed by atoms with Gasteiger partial charge in [0.1, 0.15) is 5.82 Å². The third-order valence-corrected chi connectivity index (χ3v) is 6.86. The van der Waals surface area contributed by atoms with Crippen LogP contribution in [0.2, 0.25) is 0 Å². The lowest BCUT2D eigenvalue weighted by Gasteiger charge is -2.47. The highest BCUT2D eigenvalue weighted by Gasteiger charge is 2.50. The number of piperidine rings is 2. The summed E-state index contributed by atoms with van der Waals surface area (Å²) in [5.74, 6) is 0.934. The van der Waals surface area contributed by atoms with Crippen LogP contribution in [-0.4, -0.2) is 53.3 Å². The number of amides is 1. The van der Waals surface area contributed by atoms with Crippen molar-refractivity contribution in [3.8, 4) is 0 Å². The molecule has 1 aliphatic carbocycles. The summed E-state index contributed by atoms with van der Waals surface area (Å²) in [6, 6.07) is 6.73. The third-order valence-electron chi connectivity index (χ3n) is 6.86. The Hall–Kier alpha value is -2.67. The first kappa shape index (κ1) is 20.6. The van der Waals surface area contributed by atoms with E-state index in [0.29, 0.717) is 19.5 Å². The number of carbonyl (C=O) groups is 2. The Morgan fingerprint density at radius 3 is 2.70 bits per heavy atom. The van der Waals surface area contributed by atoms with Crippen LogP contribution in [0.4, 0.5) is 5.82 Å². The highest BCUT2D eigenvalue weighted by Crippen LogP contribution is 2.39. The Morgan fingerprint density at radius 1 is 1.23 bits per heavy atom. The number of aromatic nitrogens is 1. The third kappa shape index (κ3) is 3.51. The second kappa shape index (κ2) is 8.22. The largest absolute Gasteiger partial charge is 0.483 e. The maximum Gasteiger partial charge on any atom is 0.290 e. The fourth-order valence-corrected chi connectivity index (χ4v) is 5.25. The predicted molar refractivity (Wildman–Crippen MR) is 115 cm³/mol. The first-order chi connectivity index (χ1) is 14.5. The molecule has 1 aromatic carbocycles. The predicted octanol–water partition coefficient (Wildman–Crippen LogP) is 2.20. The van der Waals surface area contributed by atoms with Gasteiger partial charge in [-0.2, -0.15) is 0 Å². The number of fused-ring (bicyclic) bond motifs is 2. The number of carboxylic acid groups (broad SMARTS) is 1. The van der Waals surface area contributed by atoms with Crippen molar-refractivity contribution in [3.63, 3.8) is 0 Å². The molecule has 2 aromatic rings. The highest BCUT2D eigenvalue weighted by molar-refractivity contribution is 5.87. The van der Waals surface area contributed by atoms with Gasteiger partial charge in [-0.15, -0.1) is 0 Å². The monoisotopic (exact) mass is 411 g/mol. The van der Waals surface area contributed by atoms with Crippen LogP contribution >= 0.6 is 0 Å². The summed E-state index contributed by atoms with van der Waals surface area (Å²) < 4.78 is 0. The zero-order chi connectivity index (χ0) is 21.3. The molecular weight excluding hydrogens is 382 g/mol. The molecule has 0 unspecified atom stereocenters. The normalized spacial score (nSPS) is 25.5. The number of benzene rings is 1.